The summed E-state index contributed by atoms with van der Waals surface area (Å²) < 4.78 is 17.2. The molecule has 0 N–H and O–H groups in total. The van der Waals surface area contributed by atoms with Crippen LogP contribution in [0.3, 0.4) is 0 Å². The first kappa shape index (κ1) is 14.4. The molecule has 3 nitrogen and oxygen atoms in total. The largest absolute Gasteiger partial charge is 0.332 e. The summed E-state index contributed by atoms with van der Waals surface area (Å²) in [4.78, 5) is 0. The first-order valence-electron chi connectivity index (χ1n) is 6.22. The smallest absolute Gasteiger partial charge is 0.254 e. The van der Waals surface area contributed by atoms with Crippen molar-refractivity contribution < 1.29 is 14.2 Å². The third-order valence-corrected chi connectivity index (χ3v) is 4.28. The molecule has 1 aromatic carbocycles. The quantitative estimate of drug-likeness (QED) is 0.515. The standard InChI is InChI=1S/C13H22O3Si/c1-4-14-13(15-5-2,16-6-3)17-12-10-8-7-9-11-12/h7-11H,4-6,17H2,1-3H3. The first-order chi connectivity index (χ1) is 8.26. The van der Waals surface area contributed by atoms with Crippen molar-refractivity contribution in [1.29, 1.82) is 0 Å². The van der Waals surface area contributed by atoms with Crippen LogP contribution in [0.2, 0.25) is 0 Å². The zero-order valence-electron chi connectivity index (χ0n) is 10.9. The second-order valence-electron chi connectivity index (χ2n) is 3.64. The van der Waals surface area contributed by atoms with Crippen LogP contribution in [0.5, 0.6) is 0 Å². The van der Waals surface area contributed by atoms with E-state index in [1.165, 1.54) is 5.19 Å². The summed E-state index contributed by atoms with van der Waals surface area (Å²) in [7, 11) is -0.804. The highest BCUT2D eigenvalue weighted by atomic mass is 28.2. The second kappa shape index (κ2) is 7.61. The minimum atomic E-state index is -0.806. The van der Waals surface area contributed by atoms with E-state index in [9.17, 15) is 0 Å². The van der Waals surface area contributed by atoms with E-state index in [0.717, 1.165) is 0 Å². The van der Waals surface area contributed by atoms with Crippen LogP contribution in [0.1, 0.15) is 20.8 Å². The monoisotopic (exact) mass is 254 g/mol. The van der Waals surface area contributed by atoms with E-state index in [0.29, 0.717) is 19.8 Å². The fraction of sp³-hybridized carbons (Fsp3) is 0.538. The lowest BCUT2D eigenvalue weighted by molar-refractivity contribution is -0.322. The Bertz CT molecular complexity index is 286. The van der Waals surface area contributed by atoms with Crippen molar-refractivity contribution in [3.05, 3.63) is 30.3 Å². The molecule has 0 unspecified atom stereocenters. The van der Waals surface area contributed by atoms with E-state index in [4.69, 9.17) is 14.2 Å². The zero-order chi connectivity index (χ0) is 12.6. The summed E-state index contributed by atoms with van der Waals surface area (Å²) in [6, 6.07) is 10.3. The summed E-state index contributed by atoms with van der Waals surface area (Å²) in [6.45, 7) is 7.68. The van der Waals surface area contributed by atoms with Gasteiger partial charge in [0.25, 0.3) is 5.60 Å². The predicted octanol–water partition coefficient (Wildman–Crippen LogP) is 1.20. The van der Waals surface area contributed by atoms with Gasteiger partial charge < -0.3 is 14.2 Å². The van der Waals surface area contributed by atoms with Crippen molar-refractivity contribution in [2.45, 2.75) is 26.4 Å². The Morgan fingerprint density at radius 3 is 1.76 bits per heavy atom. The summed E-state index contributed by atoms with van der Waals surface area (Å²) in [5.41, 5.74) is -0.806. The van der Waals surface area contributed by atoms with E-state index < -0.39 is 15.1 Å². The molecule has 0 spiro atoms. The summed E-state index contributed by atoms with van der Waals surface area (Å²) in [5, 5.41) is 1.28. The lowest BCUT2D eigenvalue weighted by atomic mass is 10.4. The molecule has 0 aliphatic rings. The number of ether oxygens (including phenoxy) is 3. The lowest BCUT2D eigenvalue weighted by Gasteiger charge is -2.32. The van der Waals surface area contributed by atoms with E-state index >= 15 is 0 Å². The highest BCUT2D eigenvalue weighted by molar-refractivity contribution is 6.55. The first-order valence-corrected chi connectivity index (χ1v) is 7.63. The highest BCUT2D eigenvalue weighted by Gasteiger charge is 2.32. The highest BCUT2D eigenvalue weighted by Crippen LogP contribution is 2.14. The molecule has 4 heteroatoms. The van der Waals surface area contributed by atoms with Crippen molar-refractivity contribution >= 4 is 14.7 Å². The minimum Gasteiger partial charge on any atom is -0.332 e. The molecule has 0 amide bonds. The van der Waals surface area contributed by atoms with Crippen molar-refractivity contribution in [1.82, 2.24) is 0 Å². The lowest BCUT2D eigenvalue weighted by Crippen LogP contribution is -2.50. The Morgan fingerprint density at radius 2 is 1.35 bits per heavy atom. The molecule has 0 atom stereocenters. The number of benzene rings is 1. The fourth-order valence-electron chi connectivity index (χ4n) is 1.78. The zero-order valence-corrected chi connectivity index (χ0v) is 12.4. The fourth-order valence-corrected chi connectivity index (χ4v) is 3.71. The second-order valence-corrected chi connectivity index (χ2v) is 5.68. The number of hydrogen-bond donors (Lipinski definition) is 0. The SMILES string of the molecule is CCOC(OCC)(OCC)[SiH2]c1ccccc1. The van der Waals surface area contributed by atoms with E-state index in [1.54, 1.807) is 0 Å². The van der Waals surface area contributed by atoms with Crippen molar-refractivity contribution in [3.8, 4) is 0 Å². The molecular weight excluding hydrogens is 232 g/mol. The summed E-state index contributed by atoms with van der Waals surface area (Å²) in [5.74, 6) is 0. The van der Waals surface area contributed by atoms with Gasteiger partial charge in [0, 0.05) is 19.8 Å². The Hall–Kier alpha value is -0.683. The van der Waals surface area contributed by atoms with Gasteiger partial charge in [-0.3, -0.25) is 0 Å². The maximum absolute atomic E-state index is 5.73. The van der Waals surface area contributed by atoms with E-state index in [2.05, 4.69) is 12.1 Å². The van der Waals surface area contributed by atoms with E-state index in [-0.39, 0.29) is 0 Å². The van der Waals surface area contributed by atoms with Gasteiger partial charge in [-0.05, 0) is 20.8 Å². The van der Waals surface area contributed by atoms with Gasteiger partial charge in [0.05, 0.1) is 0 Å². The molecule has 0 radical (unpaired) electrons. The number of rotatable bonds is 8. The van der Waals surface area contributed by atoms with Crippen LogP contribution in [0.25, 0.3) is 0 Å². The van der Waals surface area contributed by atoms with Crippen LogP contribution < -0.4 is 5.19 Å². The third kappa shape index (κ3) is 4.59. The summed E-state index contributed by atoms with van der Waals surface area (Å²) in [6.07, 6.45) is 0. The molecule has 0 aliphatic heterocycles. The molecule has 0 bridgehead atoms. The van der Waals surface area contributed by atoms with Gasteiger partial charge >= 0.3 is 0 Å². The topological polar surface area (TPSA) is 27.7 Å². The van der Waals surface area contributed by atoms with Crippen molar-refractivity contribution in [2.24, 2.45) is 0 Å². The molecule has 0 fully saturated rings. The van der Waals surface area contributed by atoms with Gasteiger partial charge in [0.1, 0.15) is 0 Å². The Balaban J connectivity index is 2.80. The summed E-state index contributed by atoms with van der Waals surface area (Å²) >= 11 is 0. The van der Waals surface area contributed by atoms with Crippen LogP contribution in [0, 0.1) is 0 Å². The maximum atomic E-state index is 5.73. The Labute approximate surface area is 106 Å². The maximum Gasteiger partial charge on any atom is 0.254 e. The molecule has 0 aromatic heterocycles. The van der Waals surface area contributed by atoms with Crippen LogP contribution in [-0.4, -0.2) is 34.9 Å². The molecule has 17 heavy (non-hydrogen) atoms. The normalized spacial score (nSPS) is 12.4. The van der Waals surface area contributed by atoms with Gasteiger partial charge in [-0.15, -0.1) is 0 Å². The van der Waals surface area contributed by atoms with Gasteiger partial charge in [0.15, 0.2) is 9.52 Å². The van der Waals surface area contributed by atoms with Gasteiger partial charge in [-0.1, -0.05) is 35.5 Å². The van der Waals surface area contributed by atoms with Gasteiger partial charge in [0.2, 0.25) is 0 Å². The molecule has 0 saturated carbocycles. The molecule has 96 valence electrons. The van der Waals surface area contributed by atoms with Gasteiger partial charge in [-0.2, -0.15) is 0 Å². The number of hydrogen-bond acceptors (Lipinski definition) is 3. The van der Waals surface area contributed by atoms with Gasteiger partial charge in [-0.25, -0.2) is 0 Å². The van der Waals surface area contributed by atoms with Crippen LogP contribution >= 0.6 is 0 Å². The molecule has 1 rings (SSSR count). The van der Waals surface area contributed by atoms with Crippen molar-refractivity contribution in [2.75, 3.05) is 19.8 Å². The van der Waals surface area contributed by atoms with E-state index in [1.807, 2.05) is 39.0 Å². The minimum absolute atomic E-state index is 0.597. The molecule has 0 aliphatic carbocycles. The average molecular weight is 254 g/mol. The third-order valence-electron chi connectivity index (χ3n) is 2.36. The molecular formula is C13H22O3Si. The van der Waals surface area contributed by atoms with Crippen LogP contribution in [0.4, 0.5) is 0 Å². The average Bonchev–Trinajstić information content (AvgIpc) is 2.31. The van der Waals surface area contributed by atoms with Crippen LogP contribution in [0.15, 0.2) is 30.3 Å². The Kier molecular flexibility index (Phi) is 6.43. The molecule has 1 aromatic rings. The van der Waals surface area contributed by atoms with Crippen molar-refractivity contribution in [3.63, 3.8) is 0 Å². The predicted molar refractivity (Wildman–Crippen MR) is 72.2 cm³/mol. The van der Waals surface area contributed by atoms with Crippen LogP contribution in [-0.2, 0) is 14.2 Å². The Morgan fingerprint density at radius 1 is 0.882 bits per heavy atom. The molecule has 0 heterocycles. The molecule has 0 saturated heterocycles.